The van der Waals surface area contributed by atoms with Gasteiger partial charge in [0.25, 0.3) is 0 Å². The van der Waals surface area contributed by atoms with Gasteiger partial charge in [0.05, 0.1) is 14.2 Å². The molecule has 1 aromatic carbocycles. The van der Waals surface area contributed by atoms with Crippen LogP contribution in [0.25, 0.3) is 0 Å². The molecule has 3 rings (SSSR count). The van der Waals surface area contributed by atoms with Gasteiger partial charge >= 0.3 is 0 Å². The molecule has 0 radical (unpaired) electrons. The Morgan fingerprint density at radius 3 is 2.44 bits per heavy atom. The van der Waals surface area contributed by atoms with E-state index in [4.69, 9.17) is 15.2 Å². The second-order valence-corrected chi connectivity index (χ2v) is 6.76. The van der Waals surface area contributed by atoms with E-state index in [-0.39, 0.29) is 0 Å². The fourth-order valence-corrected chi connectivity index (χ4v) is 2.93. The van der Waals surface area contributed by atoms with Crippen LogP contribution >= 0.6 is 0 Å². The average molecular weight is 342 g/mol. The van der Waals surface area contributed by atoms with Crippen LogP contribution in [0.5, 0.6) is 11.5 Å². The smallest absolute Gasteiger partial charge is 0.221 e. The standard InChI is InChI=1S/C19H26N4O2/c1-11(2)15-9-17(25-4)16(24-3)8-12(15)7-13-10-21-19(20)23-18(13)22-14-5-6-14/h8-11,14H,5-7H2,1-4H3,(H3,20,21,22,23). The van der Waals surface area contributed by atoms with E-state index < -0.39 is 0 Å². The number of hydrogen-bond donors (Lipinski definition) is 2. The van der Waals surface area contributed by atoms with Crippen LogP contribution in [0, 0.1) is 0 Å². The lowest BCUT2D eigenvalue weighted by molar-refractivity contribution is 0.354. The molecule has 134 valence electrons. The summed E-state index contributed by atoms with van der Waals surface area (Å²) >= 11 is 0. The number of anilines is 2. The van der Waals surface area contributed by atoms with Crippen molar-refractivity contribution in [2.45, 2.75) is 45.1 Å². The molecule has 6 nitrogen and oxygen atoms in total. The summed E-state index contributed by atoms with van der Waals surface area (Å²) in [5, 5.41) is 3.46. The minimum absolute atomic E-state index is 0.295. The molecular weight excluding hydrogens is 316 g/mol. The Labute approximate surface area is 148 Å². The molecule has 0 aliphatic heterocycles. The maximum absolute atomic E-state index is 5.78. The first kappa shape index (κ1) is 17.3. The van der Waals surface area contributed by atoms with Crippen molar-refractivity contribution in [3.8, 4) is 11.5 Å². The summed E-state index contributed by atoms with van der Waals surface area (Å²) in [4.78, 5) is 8.59. The quantitative estimate of drug-likeness (QED) is 0.803. The van der Waals surface area contributed by atoms with Crippen molar-refractivity contribution < 1.29 is 9.47 Å². The highest BCUT2D eigenvalue weighted by Crippen LogP contribution is 2.36. The second kappa shape index (κ2) is 7.17. The number of benzene rings is 1. The van der Waals surface area contributed by atoms with Gasteiger partial charge in [-0.2, -0.15) is 4.98 Å². The lowest BCUT2D eigenvalue weighted by atomic mass is 9.92. The molecule has 0 saturated heterocycles. The minimum atomic E-state index is 0.295. The van der Waals surface area contributed by atoms with E-state index in [9.17, 15) is 0 Å². The van der Waals surface area contributed by atoms with E-state index in [1.54, 1.807) is 14.2 Å². The molecule has 1 saturated carbocycles. The Balaban J connectivity index is 1.99. The van der Waals surface area contributed by atoms with Crippen molar-refractivity contribution in [2.75, 3.05) is 25.3 Å². The molecule has 6 heteroatoms. The number of nitrogen functional groups attached to an aromatic ring is 1. The highest BCUT2D eigenvalue weighted by atomic mass is 16.5. The molecule has 0 atom stereocenters. The predicted octanol–water partition coefficient (Wildman–Crippen LogP) is 3.36. The first-order valence-electron chi connectivity index (χ1n) is 8.64. The van der Waals surface area contributed by atoms with Crippen molar-refractivity contribution in [2.24, 2.45) is 0 Å². The van der Waals surface area contributed by atoms with Crippen molar-refractivity contribution in [1.82, 2.24) is 9.97 Å². The maximum Gasteiger partial charge on any atom is 0.221 e. The summed E-state index contributed by atoms with van der Waals surface area (Å²) < 4.78 is 10.9. The topological polar surface area (TPSA) is 82.3 Å². The van der Waals surface area contributed by atoms with Gasteiger partial charge < -0.3 is 20.5 Å². The van der Waals surface area contributed by atoms with E-state index in [1.807, 2.05) is 12.3 Å². The zero-order valence-corrected chi connectivity index (χ0v) is 15.3. The summed E-state index contributed by atoms with van der Waals surface area (Å²) in [6, 6.07) is 4.61. The predicted molar refractivity (Wildman–Crippen MR) is 99.5 cm³/mol. The van der Waals surface area contributed by atoms with Crippen LogP contribution in [0.2, 0.25) is 0 Å². The van der Waals surface area contributed by atoms with E-state index in [0.29, 0.717) is 24.3 Å². The lowest BCUT2D eigenvalue weighted by Crippen LogP contribution is -2.10. The van der Waals surface area contributed by atoms with E-state index in [1.165, 1.54) is 24.0 Å². The Morgan fingerprint density at radius 2 is 1.84 bits per heavy atom. The third-order valence-electron chi connectivity index (χ3n) is 4.45. The Hall–Kier alpha value is -2.50. The molecule has 1 fully saturated rings. The van der Waals surface area contributed by atoms with Crippen LogP contribution in [0.1, 0.15) is 49.3 Å². The molecule has 0 bridgehead atoms. The molecule has 2 aromatic rings. The maximum atomic E-state index is 5.78. The average Bonchev–Trinajstić information content (AvgIpc) is 3.40. The first-order chi connectivity index (χ1) is 12.0. The zero-order valence-electron chi connectivity index (χ0n) is 15.3. The second-order valence-electron chi connectivity index (χ2n) is 6.76. The van der Waals surface area contributed by atoms with Crippen molar-refractivity contribution in [1.29, 1.82) is 0 Å². The molecule has 0 unspecified atom stereocenters. The number of ether oxygens (including phenoxy) is 2. The SMILES string of the molecule is COc1cc(Cc2cnc(N)nc2NC2CC2)c(C(C)C)cc1OC. The fraction of sp³-hybridized carbons (Fsp3) is 0.474. The monoisotopic (exact) mass is 342 g/mol. The number of hydrogen-bond acceptors (Lipinski definition) is 6. The molecule has 0 amide bonds. The van der Waals surface area contributed by atoms with Crippen LogP contribution in [-0.4, -0.2) is 30.2 Å². The van der Waals surface area contributed by atoms with Gasteiger partial charge in [-0.25, -0.2) is 4.98 Å². The highest BCUT2D eigenvalue weighted by molar-refractivity contribution is 5.54. The lowest BCUT2D eigenvalue weighted by Gasteiger charge is -2.18. The Kier molecular flexibility index (Phi) is 4.97. The largest absolute Gasteiger partial charge is 0.493 e. The first-order valence-corrected chi connectivity index (χ1v) is 8.64. The van der Waals surface area contributed by atoms with Gasteiger partial charge in [-0.3, -0.25) is 0 Å². The number of nitrogens with two attached hydrogens (primary N) is 1. The van der Waals surface area contributed by atoms with E-state index in [0.717, 1.165) is 22.9 Å². The molecule has 1 heterocycles. The Bertz CT molecular complexity index is 757. The van der Waals surface area contributed by atoms with Crippen LogP contribution in [0.4, 0.5) is 11.8 Å². The van der Waals surface area contributed by atoms with Crippen molar-refractivity contribution >= 4 is 11.8 Å². The van der Waals surface area contributed by atoms with Gasteiger partial charge in [-0.15, -0.1) is 0 Å². The molecule has 1 aromatic heterocycles. The summed E-state index contributed by atoms with van der Waals surface area (Å²) in [7, 11) is 3.32. The number of nitrogens with zero attached hydrogens (tertiary/aromatic N) is 2. The minimum Gasteiger partial charge on any atom is -0.493 e. The summed E-state index contributed by atoms with van der Waals surface area (Å²) in [6.07, 6.45) is 4.88. The van der Waals surface area contributed by atoms with Crippen LogP contribution in [0.15, 0.2) is 18.3 Å². The molecule has 0 spiro atoms. The van der Waals surface area contributed by atoms with Gasteiger partial charge in [0.15, 0.2) is 11.5 Å². The van der Waals surface area contributed by atoms with Crippen LogP contribution < -0.4 is 20.5 Å². The van der Waals surface area contributed by atoms with Crippen LogP contribution in [0.3, 0.4) is 0 Å². The zero-order chi connectivity index (χ0) is 18.0. The van der Waals surface area contributed by atoms with Gasteiger partial charge in [-0.1, -0.05) is 13.8 Å². The number of nitrogens with one attached hydrogen (secondary N) is 1. The number of methoxy groups -OCH3 is 2. The Morgan fingerprint density at radius 1 is 1.16 bits per heavy atom. The van der Waals surface area contributed by atoms with Gasteiger partial charge in [0.1, 0.15) is 5.82 Å². The van der Waals surface area contributed by atoms with E-state index >= 15 is 0 Å². The summed E-state index contributed by atoms with van der Waals surface area (Å²) in [5.41, 5.74) is 9.23. The normalized spacial score (nSPS) is 13.8. The fourth-order valence-electron chi connectivity index (χ4n) is 2.93. The van der Waals surface area contributed by atoms with Gasteiger partial charge in [-0.05, 0) is 42.0 Å². The third kappa shape index (κ3) is 3.95. The number of rotatable bonds is 7. The van der Waals surface area contributed by atoms with Gasteiger partial charge in [0.2, 0.25) is 5.95 Å². The number of aromatic nitrogens is 2. The molecular formula is C19H26N4O2. The van der Waals surface area contributed by atoms with Gasteiger partial charge in [0, 0.05) is 24.2 Å². The summed E-state index contributed by atoms with van der Waals surface area (Å²) in [6.45, 7) is 4.35. The third-order valence-corrected chi connectivity index (χ3v) is 4.45. The molecule has 1 aliphatic carbocycles. The molecule has 1 aliphatic rings. The summed E-state index contributed by atoms with van der Waals surface area (Å²) in [5.74, 6) is 2.97. The van der Waals surface area contributed by atoms with Crippen LogP contribution in [-0.2, 0) is 6.42 Å². The molecule has 3 N–H and O–H groups in total. The van der Waals surface area contributed by atoms with E-state index in [2.05, 4.69) is 35.2 Å². The van der Waals surface area contributed by atoms with Crippen molar-refractivity contribution in [3.05, 3.63) is 35.0 Å². The molecule has 25 heavy (non-hydrogen) atoms. The van der Waals surface area contributed by atoms with Crippen molar-refractivity contribution in [3.63, 3.8) is 0 Å². The highest BCUT2D eigenvalue weighted by Gasteiger charge is 2.23.